The fourth-order valence-corrected chi connectivity index (χ4v) is 4.60. The third-order valence-corrected chi connectivity index (χ3v) is 6.32. The van der Waals surface area contributed by atoms with Crippen LogP contribution in [-0.4, -0.2) is 52.2 Å². The van der Waals surface area contributed by atoms with Gasteiger partial charge in [0, 0.05) is 18.7 Å². The van der Waals surface area contributed by atoms with Crippen molar-refractivity contribution in [2.24, 2.45) is 0 Å². The van der Waals surface area contributed by atoms with Crippen molar-refractivity contribution in [3.63, 3.8) is 0 Å². The van der Waals surface area contributed by atoms with Gasteiger partial charge in [-0.05, 0) is 50.8 Å². The second-order valence-electron chi connectivity index (χ2n) is 6.50. The van der Waals surface area contributed by atoms with Crippen molar-refractivity contribution in [1.29, 1.82) is 0 Å². The molecule has 0 spiro atoms. The molecule has 7 nitrogen and oxygen atoms in total. The molecule has 1 amide bonds. The van der Waals surface area contributed by atoms with Crippen molar-refractivity contribution >= 4 is 21.6 Å². The predicted octanol–water partition coefficient (Wildman–Crippen LogP) is 1.85. The normalized spacial score (nSPS) is 17.4. The highest BCUT2D eigenvalue weighted by Gasteiger charge is 2.28. The van der Waals surface area contributed by atoms with E-state index in [1.54, 1.807) is 30.5 Å². The van der Waals surface area contributed by atoms with E-state index in [2.05, 4.69) is 5.32 Å². The molecular weight excluding hydrogens is 354 g/mol. The first-order valence-electron chi connectivity index (χ1n) is 8.47. The first-order chi connectivity index (χ1) is 12.4. The summed E-state index contributed by atoms with van der Waals surface area (Å²) in [7, 11) is 0.563. The van der Waals surface area contributed by atoms with Crippen LogP contribution >= 0.6 is 0 Å². The van der Waals surface area contributed by atoms with Crippen LogP contribution < -0.4 is 9.62 Å². The van der Waals surface area contributed by atoms with Crippen LogP contribution in [0.2, 0.25) is 0 Å². The predicted molar refractivity (Wildman–Crippen MR) is 99.7 cm³/mol. The van der Waals surface area contributed by atoms with Gasteiger partial charge in [0.2, 0.25) is 10.0 Å². The van der Waals surface area contributed by atoms with Gasteiger partial charge in [-0.3, -0.25) is 14.0 Å². The highest BCUT2D eigenvalue weighted by Crippen LogP contribution is 2.25. The number of carbonyl (C=O) groups excluding carboxylic acids is 1. The fourth-order valence-electron chi connectivity index (χ4n) is 3.04. The molecule has 1 unspecified atom stereocenters. The third-order valence-electron chi connectivity index (χ3n) is 4.45. The SMILES string of the molecule is CN(C)C(CNC(=O)c1cccc(N2CCCS2(=O)=O)c1)c1ccco1. The number of likely N-dealkylation sites (N-methyl/N-ethyl adjacent to an activating group) is 1. The highest BCUT2D eigenvalue weighted by molar-refractivity contribution is 7.93. The zero-order chi connectivity index (χ0) is 18.7. The number of carbonyl (C=O) groups is 1. The standard InChI is InChI=1S/C18H23N3O4S/c1-20(2)16(17-8-4-10-25-17)13-19-18(22)14-6-3-7-15(12-14)21-9-5-11-26(21,23)24/h3-4,6-8,10,12,16H,5,9,11,13H2,1-2H3,(H,19,22). The van der Waals surface area contributed by atoms with Crippen LogP contribution in [0.5, 0.6) is 0 Å². The number of furan rings is 1. The Kier molecular flexibility index (Phi) is 5.33. The van der Waals surface area contributed by atoms with E-state index >= 15 is 0 Å². The number of nitrogens with zero attached hydrogens (tertiary/aromatic N) is 2. The summed E-state index contributed by atoms with van der Waals surface area (Å²) in [5, 5.41) is 2.90. The van der Waals surface area contributed by atoms with Gasteiger partial charge in [-0.15, -0.1) is 0 Å². The molecule has 1 fully saturated rings. The van der Waals surface area contributed by atoms with Crippen molar-refractivity contribution in [2.75, 3.05) is 37.2 Å². The summed E-state index contributed by atoms with van der Waals surface area (Å²) >= 11 is 0. The summed E-state index contributed by atoms with van der Waals surface area (Å²) in [4.78, 5) is 14.5. The van der Waals surface area contributed by atoms with E-state index in [-0.39, 0.29) is 17.7 Å². The largest absolute Gasteiger partial charge is 0.468 e. The number of anilines is 1. The molecule has 1 N–H and O–H groups in total. The van der Waals surface area contributed by atoms with Crippen LogP contribution in [0.15, 0.2) is 47.1 Å². The Balaban J connectivity index is 1.71. The van der Waals surface area contributed by atoms with Crippen molar-refractivity contribution in [1.82, 2.24) is 10.2 Å². The van der Waals surface area contributed by atoms with Crippen molar-refractivity contribution in [2.45, 2.75) is 12.5 Å². The van der Waals surface area contributed by atoms with E-state index in [0.717, 1.165) is 5.76 Å². The van der Waals surface area contributed by atoms with E-state index < -0.39 is 10.0 Å². The molecule has 3 rings (SSSR count). The highest BCUT2D eigenvalue weighted by atomic mass is 32.2. The van der Waals surface area contributed by atoms with Crippen LogP contribution in [0.1, 0.15) is 28.6 Å². The number of amides is 1. The van der Waals surface area contributed by atoms with E-state index in [1.807, 2.05) is 31.1 Å². The lowest BCUT2D eigenvalue weighted by Gasteiger charge is -2.23. The van der Waals surface area contributed by atoms with Crippen LogP contribution in [0.25, 0.3) is 0 Å². The van der Waals surface area contributed by atoms with Gasteiger partial charge in [-0.2, -0.15) is 0 Å². The minimum atomic E-state index is -3.27. The number of rotatable bonds is 6. The number of sulfonamides is 1. The summed E-state index contributed by atoms with van der Waals surface area (Å²) in [5.74, 6) is 0.672. The Morgan fingerprint density at radius 3 is 2.73 bits per heavy atom. The van der Waals surface area contributed by atoms with Crippen LogP contribution in [0.4, 0.5) is 5.69 Å². The smallest absolute Gasteiger partial charge is 0.251 e. The van der Waals surface area contributed by atoms with Crippen LogP contribution in [0.3, 0.4) is 0 Å². The summed E-state index contributed by atoms with van der Waals surface area (Å²) < 4.78 is 31.0. The summed E-state index contributed by atoms with van der Waals surface area (Å²) in [5.41, 5.74) is 0.965. The van der Waals surface area contributed by atoms with Crippen LogP contribution in [-0.2, 0) is 10.0 Å². The molecule has 2 heterocycles. The van der Waals surface area contributed by atoms with Gasteiger partial charge < -0.3 is 9.73 Å². The summed E-state index contributed by atoms with van der Waals surface area (Å²) in [6.45, 7) is 0.834. The average Bonchev–Trinajstić information content (AvgIpc) is 3.24. The zero-order valence-electron chi connectivity index (χ0n) is 14.9. The molecule has 8 heteroatoms. The van der Waals surface area contributed by atoms with Crippen LogP contribution in [0, 0.1) is 0 Å². The average molecular weight is 377 g/mol. The van der Waals surface area contributed by atoms with Crippen molar-refractivity contribution in [3.8, 4) is 0 Å². The first kappa shape index (κ1) is 18.5. The van der Waals surface area contributed by atoms with Crippen molar-refractivity contribution in [3.05, 3.63) is 54.0 Å². The number of hydrogen-bond acceptors (Lipinski definition) is 5. The first-order valence-corrected chi connectivity index (χ1v) is 10.1. The summed E-state index contributed by atoms with van der Waals surface area (Å²) in [6, 6.07) is 10.3. The fraction of sp³-hybridized carbons (Fsp3) is 0.389. The van der Waals surface area contributed by atoms with Crippen molar-refractivity contribution < 1.29 is 17.6 Å². The Morgan fingerprint density at radius 1 is 1.31 bits per heavy atom. The number of benzene rings is 1. The lowest BCUT2D eigenvalue weighted by molar-refractivity contribution is 0.0939. The lowest BCUT2D eigenvalue weighted by Crippen LogP contribution is -2.34. The minimum Gasteiger partial charge on any atom is -0.468 e. The number of nitrogens with one attached hydrogen (secondary N) is 1. The Labute approximate surface area is 153 Å². The molecule has 1 aromatic carbocycles. The second-order valence-corrected chi connectivity index (χ2v) is 8.51. The lowest BCUT2D eigenvalue weighted by atomic mass is 10.1. The third kappa shape index (κ3) is 3.91. The Bertz CT molecular complexity index is 862. The molecular formula is C18H23N3O4S. The molecule has 0 radical (unpaired) electrons. The van der Waals surface area contributed by atoms with Gasteiger partial charge >= 0.3 is 0 Å². The van der Waals surface area contributed by atoms with Gasteiger partial charge in [0.25, 0.3) is 5.91 Å². The maximum Gasteiger partial charge on any atom is 0.251 e. The maximum atomic E-state index is 12.5. The molecule has 0 bridgehead atoms. The van der Waals surface area contributed by atoms with E-state index in [1.165, 1.54) is 4.31 Å². The molecule has 1 aliphatic heterocycles. The molecule has 26 heavy (non-hydrogen) atoms. The molecule has 1 aliphatic rings. The van der Waals surface area contributed by atoms with E-state index in [9.17, 15) is 13.2 Å². The Morgan fingerprint density at radius 2 is 2.12 bits per heavy atom. The van der Waals surface area contributed by atoms with E-state index in [0.29, 0.717) is 30.8 Å². The minimum absolute atomic E-state index is 0.0870. The van der Waals surface area contributed by atoms with Gasteiger partial charge in [0.15, 0.2) is 0 Å². The molecule has 0 aliphatic carbocycles. The molecule has 2 aromatic rings. The number of hydrogen-bond donors (Lipinski definition) is 1. The Hall–Kier alpha value is -2.32. The van der Waals surface area contributed by atoms with E-state index in [4.69, 9.17) is 4.42 Å². The topological polar surface area (TPSA) is 82.9 Å². The molecule has 1 atom stereocenters. The second kappa shape index (κ2) is 7.51. The molecule has 0 saturated carbocycles. The maximum absolute atomic E-state index is 12.5. The van der Waals surface area contributed by atoms with Gasteiger partial charge in [0.1, 0.15) is 5.76 Å². The van der Waals surface area contributed by atoms with Gasteiger partial charge in [0.05, 0.1) is 23.7 Å². The molecule has 1 saturated heterocycles. The summed E-state index contributed by atoms with van der Waals surface area (Å²) in [6.07, 6.45) is 2.21. The molecule has 1 aromatic heterocycles. The van der Waals surface area contributed by atoms with Gasteiger partial charge in [-0.1, -0.05) is 6.07 Å². The molecule has 140 valence electrons. The zero-order valence-corrected chi connectivity index (χ0v) is 15.7. The monoisotopic (exact) mass is 377 g/mol. The quantitative estimate of drug-likeness (QED) is 0.831. The van der Waals surface area contributed by atoms with Gasteiger partial charge in [-0.25, -0.2) is 8.42 Å².